The van der Waals surface area contributed by atoms with E-state index >= 15 is 0 Å². The number of nitriles is 1. The van der Waals surface area contributed by atoms with Gasteiger partial charge in [-0.2, -0.15) is 5.26 Å². The van der Waals surface area contributed by atoms with Crippen LogP contribution in [0, 0.1) is 11.3 Å². The van der Waals surface area contributed by atoms with E-state index in [1.165, 1.54) is 0 Å². The summed E-state index contributed by atoms with van der Waals surface area (Å²) >= 11 is 0. The molecule has 7 heteroatoms. The van der Waals surface area contributed by atoms with Gasteiger partial charge in [0.1, 0.15) is 0 Å². The number of hydrogen-bond acceptors (Lipinski definition) is 6. The zero-order chi connectivity index (χ0) is 22.9. The molecule has 0 aliphatic rings. The molecule has 0 aliphatic heterocycles. The summed E-state index contributed by atoms with van der Waals surface area (Å²) in [7, 11) is 0. The molecule has 1 N–H and O–H groups in total. The number of nitrogens with zero attached hydrogens (tertiary/aromatic N) is 5. The SMILES string of the molecule is N#Cc1cccc(-c2ccc(N(C=O)Cc3cccnc3)c(NCCc3ccccn3)n2)c1. The third-order valence-electron chi connectivity index (χ3n) is 5.07. The standard InChI is InChI=1S/C26H22N6O/c27-16-20-5-3-7-22(15-20)24-9-10-25(32(19-33)18-21-6-4-12-28-17-21)26(31-24)30-14-11-23-8-1-2-13-29-23/h1-10,12-13,15,17,19H,11,14,18H2,(H,30,31). The van der Waals surface area contributed by atoms with Gasteiger partial charge < -0.3 is 10.2 Å². The minimum absolute atomic E-state index is 0.372. The Morgan fingerprint density at radius 3 is 2.73 bits per heavy atom. The summed E-state index contributed by atoms with van der Waals surface area (Å²) in [5, 5.41) is 12.6. The summed E-state index contributed by atoms with van der Waals surface area (Å²) in [6.45, 7) is 0.968. The Morgan fingerprint density at radius 2 is 1.97 bits per heavy atom. The van der Waals surface area contributed by atoms with Crippen LogP contribution >= 0.6 is 0 Å². The summed E-state index contributed by atoms with van der Waals surface area (Å²) in [4.78, 5) is 26.9. The molecule has 0 fully saturated rings. The second-order valence-corrected chi connectivity index (χ2v) is 7.35. The number of carbonyl (C=O) groups is 1. The second kappa shape index (κ2) is 10.6. The molecule has 0 saturated heterocycles. The van der Waals surface area contributed by atoms with Crippen molar-refractivity contribution in [2.75, 3.05) is 16.8 Å². The van der Waals surface area contributed by atoms with Crippen LogP contribution < -0.4 is 10.2 Å². The van der Waals surface area contributed by atoms with Crippen molar-refractivity contribution in [1.82, 2.24) is 15.0 Å². The number of pyridine rings is 3. The summed E-state index contributed by atoms with van der Waals surface area (Å²) < 4.78 is 0. The van der Waals surface area contributed by atoms with Crippen LogP contribution in [0.15, 0.2) is 85.3 Å². The van der Waals surface area contributed by atoms with Crippen molar-refractivity contribution in [3.8, 4) is 17.3 Å². The van der Waals surface area contributed by atoms with Gasteiger partial charge >= 0.3 is 0 Å². The number of hydrogen-bond donors (Lipinski definition) is 1. The third-order valence-corrected chi connectivity index (χ3v) is 5.07. The molecular weight excluding hydrogens is 412 g/mol. The van der Waals surface area contributed by atoms with E-state index < -0.39 is 0 Å². The average Bonchev–Trinajstić information content (AvgIpc) is 2.88. The van der Waals surface area contributed by atoms with Crippen molar-refractivity contribution in [1.29, 1.82) is 5.26 Å². The van der Waals surface area contributed by atoms with Crippen molar-refractivity contribution in [3.05, 3.63) is 102 Å². The Hall–Kier alpha value is -4.57. The summed E-state index contributed by atoms with van der Waals surface area (Å²) in [6.07, 6.45) is 6.71. The summed E-state index contributed by atoms with van der Waals surface area (Å²) in [5.41, 5.74) is 4.65. The Morgan fingerprint density at radius 1 is 1.03 bits per heavy atom. The minimum atomic E-state index is 0.372. The van der Waals surface area contributed by atoms with Crippen LogP contribution in [-0.2, 0) is 17.8 Å². The molecule has 0 bridgehead atoms. The van der Waals surface area contributed by atoms with E-state index in [9.17, 15) is 10.1 Å². The first kappa shape index (κ1) is 21.7. The van der Waals surface area contributed by atoms with Gasteiger partial charge in [0.25, 0.3) is 0 Å². The van der Waals surface area contributed by atoms with Crippen LogP contribution in [0.2, 0.25) is 0 Å². The molecule has 3 heterocycles. The molecule has 0 atom stereocenters. The van der Waals surface area contributed by atoms with Gasteiger partial charge in [-0.3, -0.25) is 14.8 Å². The highest BCUT2D eigenvalue weighted by Gasteiger charge is 2.15. The summed E-state index contributed by atoms with van der Waals surface area (Å²) in [6, 6.07) is 22.8. The van der Waals surface area contributed by atoms with Gasteiger partial charge in [-0.25, -0.2) is 4.98 Å². The van der Waals surface area contributed by atoms with E-state index in [1.807, 2.05) is 54.6 Å². The first-order chi connectivity index (χ1) is 16.3. The summed E-state index contributed by atoms with van der Waals surface area (Å²) in [5.74, 6) is 0.585. The van der Waals surface area contributed by atoms with Crippen LogP contribution in [0.4, 0.5) is 11.5 Å². The van der Waals surface area contributed by atoms with Gasteiger partial charge in [-0.05, 0) is 48.0 Å². The van der Waals surface area contributed by atoms with Gasteiger partial charge in [0, 0.05) is 42.8 Å². The number of carbonyl (C=O) groups excluding carboxylic acids is 1. The van der Waals surface area contributed by atoms with Crippen LogP contribution in [0.3, 0.4) is 0 Å². The van der Waals surface area contributed by atoms with Crippen molar-refractivity contribution < 1.29 is 4.79 Å². The van der Waals surface area contributed by atoms with E-state index in [-0.39, 0.29) is 0 Å². The van der Waals surface area contributed by atoms with Crippen LogP contribution in [0.25, 0.3) is 11.3 Å². The molecule has 1 amide bonds. The lowest BCUT2D eigenvalue weighted by atomic mass is 10.1. The highest BCUT2D eigenvalue weighted by molar-refractivity contribution is 5.83. The highest BCUT2D eigenvalue weighted by Crippen LogP contribution is 2.29. The Labute approximate surface area is 192 Å². The topological polar surface area (TPSA) is 94.8 Å². The molecule has 7 nitrogen and oxygen atoms in total. The lowest BCUT2D eigenvalue weighted by molar-refractivity contribution is -0.107. The molecule has 33 heavy (non-hydrogen) atoms. The molecule has 4 rings (SSSR count). The van der Waals surface area contributed by atoms with E-state index in [1.54, 1.807) is 35.6 Å². The number of amides is 1. The zero-order valence-corrected chi connectivity index (χ0v) is 17.9. The minimum Gasteiger partial charge on any atom is -0.368 e. The first-order valence-electron chi connectivity index (χ1n) is 10.5. The van der Waals surface area contributed by atoms with E-state index in [0.29, 0.717) is 42.3 Å². The fourth-order valence-electron chi connectivity index (χ4n) is 3.45. The zero-order valence-electron chi connectivity index (χ0n) is 17.9. The number of benzene rings is 1. The molecule has 1 aromatic carbocycles. The maximum absolute atomic E-state index is 12.0. The Kier molecular flexibility index (Phi) is 6.98. The number of aromatic nitrogens is 3. The quantitative estimate of drug-likeness (QED) is 0.396. The predicted molar refractivity (Wildman–Crippen MR) is 127 cm³/mol. The molecule has 0 saturated carbocycles. The molecule has 3 aromatic heterocycles. The van der Waals surface area contributed by atoms with Crippen molar-refractivity contribution in [3.63, 3.8) is 0 Å². The van der Waals surface area contributed by atoms with Gasteiger partial charge in [0.05, 0.1) is 29.6 Å². The molecule has 0 aliphatic carbocycles. The van der Waals surface area contributed by atoms with E-state index in [0.717, 1.165) is 23.2 Å². The largest absolute Gasteiger partial charge is 0.368 e. The van der Waals surface area contributed by atoms with Crippen molar-refractivity contribution >= 4 is 17.9 Å². The van der Waals surface area contributed by atoms with Gasteiger partial charge in [0.15, 0.2) is 5.82 Å². The lowest BCUT2D eigenvalue weighted by Gasteiger charge is -2.21. The molecule has 4 aromatic rings. The molecule has 0 spiro atoms. The maximum Gasteiger partial charge on any atom is 0.214 e. The number of nitrogens with one attached hydrogen (secondary N) is 1. The normalized spacial score (nSPS) is 10.3. The third kappa shape index (κ3) is 5.57. The average molecular weight is 435 g/mol. The second-order valence-electron chi connectivity index (χ2n) is 7.35. The lowest BCUT2D eigenvalue weighted by Crippen LogP contribution is -2.23. The Balaban J connectivity index is 1.64. The smallest absolute Gasteiger partial charge is 0.214 e. The van der Waals surface area contributed by atoms with Gasteiger partial charge in [0.2, 0.25) is 6.41 Å². The molecule has 162 valence electrons. The highest BCUT2D eigenvalue weighted by atomic mass is 16.1. The monoisotopic (exact) mass is 434 g/mol. The van der Waals surface area contributed by atoms with Crippen molar-refractivity contribution in [2.24, 2.45) is 0 Å². The van der Waals surface area contributed by atoms with Crippen LogP contribution in [0.1, 0.15) is 16.8 Å². The fourth-order valence-corrected chi connectivity index (χ4v) is 3.45. The molecule has 0 unspecified atom stereocenters. The number of anilines is 2. The van der Waals surface area contributed by atoms with Crippen molar-refractivity contribution in [2.45, 2.75) is 13.0 Å². The molecule has 0 radical (unpaired) electrons. The Bertz CT molecular complexity index is 1250. The number of rotatable bonds is 9. The predicted octanol–water partition coefficient (Wildman–Crippen LogP) is 4.23. The first-order valence-corrected chi connectivity index (χ1v) is 10.5. The van der Waals surface area contributed by atoms with E-state index in [2.05, 4.69) is 21.4 Å². The fraction of sp³-hybridized carbons (Fsp3) is 0.115. The molecular formula is C26H22N6O. The van der Waals surface area contributed by atoms with Gasteiger partial charge in [-0.1, -0.05) is 24.3 Å². The van der Waals surface area contributed by atoms with E-state index in [4.69, 9.17) is 4.98 Å². The van der Waals surface area contributed by atoms with Gasteiger partial charge in [-0.15, -0.1) is 0 Å². The maximum atomic E-state index is 12.0. The van der Waals surface area contributed by atoms with Crippen LogP contribution in [-0.4, -0.2) is 27.9 Å². The van der Waals surface area contributed by atoms with Crippen LogP contribution in [0.5, 0.6) is 0 Å².